The number of anilines is 1. The summed E-state index contributed by atoms with van der Waals surface area (Å²) in [5.74, 6) is -0.700. The first-order valence-corrected chi connectivity index (χ1v) is 6.00. The van der Waals surface area contributed by atoms with E-state index in [9.17, 15) is 18.0 Å². The summed E-state index contributed by atoms with van der Waals surface area (Å²) in [6.45, 7) is 1.83. The third kappa shape index (κ3) is 2.83. The summed E-state index contributed by atoms with van der Waals surface area (Å²) in [4.78, 5) is 12.0. The lowest BCUT2D eigenvalue weighted by Crippen LogP contribution is -2.51. The molecule has 19 heavy (non-hydrogen) atoms. The number of rotatable bonds is 2. The van der Waals surface area contributed by atoms with E-state index in [1.165, 1.54) is 6.07 Å². The van der Waals surface area contributed by atoms with Crippen LogP contribution in [0.25, 0.3) is 0 Å². The first-order valence-electron chi connectivity index (χ1n) is 6.00. The normalized spacial score (nSPS) is 17.7. The molecule has 3 N–H and O–H groups in total. The zero-order valence-corrected chi connectivity index (χ0v) is 10.5. The van der Waals surface area contributed by atoms with Crippen molar-refractivity contribution in [3.05, 3.63) is 29.3 Å². The Kier molecular flexibility index (Phi) is 3.20. The average molecular weight is 272 g/mol. The Bertz CT molecular complexity index is 507. The molecule has 0 bridgehead atoms. The standard InChI is InChI=1S/C13H15F3N2O/c1-12(5-2-6-12)18-11(19)9-4-3-8(17)7-10(9)13(14,15)16/h3-4,7H,2,5-6,17H2,1H3,(H,18,19). The van der Waals surface area contributed by atoms with Gasteiger partial charge in [-0.05, 0) is 44.4 Å². The highest BCUT2D eigenvalue weighted by atomic mass is 19.4. The molecule has 2 rings (SSSR count). The summed E-state index contributed by atoms with van der Waals surface area (Å²) >= 11 is 0. The van der Waals surface area contributed by atoms with Crippen molar-refractivity contribution in [2.45, 2.75) is 37.9 Å². The molecule has 1 aliphatic rings. The SMILES string of the molecule is CC1(NC(=O)c2ccc(N)cc2C(F)(F)F)CCC1. The Morgan fingerprint density at radius 1 is 1.37 bits per heavy atom. The number of benzene rings is 1. The minimum Gasteiger partial charge on any atom is -0.399 e. The van der Waals surface area contributed by atoms with E-state index in [2.05, 4.69) is 5.32 Å². The second-order valence-electron chi connectivity index (χ2n) is 5.17. The zero-order valence-electron chi connectivity index (χ0n) is 10.5. The maximum atomic E-state index is 12.9. The van der Waals surface area contributed by atoms with Gasteiger partial charge in [-0.25, -0.2) is 0 Å². The number of nitrogens with two attached hydrogens (primary N) is 1. The number of carbonyl (C=O) groups excluding carboxylic acids is 1. The number of halogens is 3. The molecule has 0 unspecified atom stereocenters. The molecule has 1 saturated carbocycles. The monoisotopic (exact) mass is 272 g/mol. The van der Waals surface area contributed by atoms with Crippen molar-refractivity contribution in [1.29, 1.82) is 0 Å². The van der Waals surface area contributed by atoms with Crippen LogP contribution < -0.4 is 11.1 Å². The minimum atomic E-state index is -4.59. The molecule has 3 nitrogen and oxygen atoms in total. The number of nitrogens with one attached hydrogen (secondary N) is 1. The Morgan fingerprint density at radius 3 is 2.47 bits per heavy atom. The van der Waals surface area contributed by atoms with Gasteiger partial charge in [0.15, 0.2) is 0 Å². The summed E-state index contributed by atoms with van der Waals surface area (Å²) in [7, 11) is 0. The molecule has 0 heterocycles. The van der Waals surface area contributed by atoms with Crippen molar-refractivity contribution in [3.8, 4) is 0 Å². The fourth-order valence-corrected chi connectivity index (χ4v) is 2.17. The summed E-state index contributed by atoms with van der Waals surface area (Å²) < 4.78 is 38.6. The lowest BCUT2D eigenvalue weighted by molar-refractivity contribution is -0.137. The van der Waals surface area contributed by atoms with E-state index in [4.69, 9.17) is 5.73 Å². The van der Waals surface area contributed by atoms with Crippen LogP contribution in [0.5, 0.6) is 0 Å². The molecule has 1 fully saturated rings. The van der Waals surface area contributed by atoms with Gasteiger partial charge in [-0.2, -0.15) is 13.2 Å². The van der Waals surface area contributed by atoms with Gasteiger partial charge in [-0.15, -0.1) is 0 Å². The molecule has 0 radical (unpaired) electrons. The molecule has 1 amide bonds. The predicted molar refractivity (Wildman–Crippen MR) is 65.6 cm³/mol. The number of nitrogen functional groups attached to an aromatic ring is 1. The molecule has 6 heteroatoms. The van der Waals surface area contributed by atoms with Gasteiger partial charge in [-0.1, -0.05) is 0 Å². The summed E-state index contributed by atoms with van der Waals surface area (Å²) in [5.41, 5.74) is 3.58. The first kappa shape index (κ1) is 13.7. The van der Waals surface area contributed by atoms with Crippen LogP contribution >= 0.6 is 0 Å². The molecule has 1 aromatic carbocycles. The van der Waals surface area contributed by atoms with E-state index in [-0.39, 0.29) is 16.8 Å². The van der Waals surface area contributed by atoms with Crippen molar-refractivity contribution in [3.63, 3.8) is 0 Å². The van der Waals surface area contributed by atoms with Crippen LogP contribution in [0.4, 0.5) is 18.9 Å². The lowest BCUT2D eigenvalue weighted by Gasteiger charge is -2.39. The second kappa shape index (κ2) is 4.43. The van der Waals surface area contributed by atoms with Gasteiger partial charge in [0.25, 0.3) is 5.91 Å². The molecule has 0 spiro atoms. The Morgan fingerprint density at radius 2 is 2.00 bits per heavy atom. The van der Waals surface area contributed by atoms with Crippen LogP contribution in [-0.2, 0) is 6.18 Å². The molecule has 0 aromatic heterocycles. The van der Waals surface area contributed by atoms with Crippen molar-refractivity contribution in [1.82, 2.24) is 5.32 Å². The van der Waals surface area contributed by atoms with Crippen molar-refractivity contribution < 1.29 is 18.0 Å². The fraction of sp³-hybridized carbons (Fsp3) is 0.462. The zero-order chi connectivity index (χ0) is 14.3. The molecular weight excluding hydrogens is 257 g/mol. The van der Waals surface area contributed by atoms with E-state index in [1.54, 1.807) is 0 Å². The fourth-order valence-electron chi connectivity index (χ4n) is 2.17. The largest absolute Gasteiger partial charge is 0.417 e. The van der Waals surface area contributed by atoms with Gasteiger partial charge in [0.05, 0.1) is 11.1 Å². The van der Waals surface area contributed by atoms with Gasteiger partial charge in [0.2, 0.25) is 0 Å². The summed E-state index contributed by atoms with van der Waals surface area (Å²) in [5, 5.41) is 2.66. The number of hydrogen-bond acceptors (Lipinski definition) is 2. The predicted octanol–water partition coefficient (Wildman–Crippen LogP) is 2.96. The van der Waals surface area contributed by atoms with Gasteiger partial charge in [-0.3, -0.25) is 4.79 Å². The van der Waals surface area contributed by atoms with Crippen LogP contribution in [0.15, 0.2) is 18.2 Å². The maximum absolute atomic E-state index is 12.9. The number of carbonyl (C=O) groups is 1. The molecule has 104 valence electrons. The lowest BCUT2D eigenvalue weighted by atomic mass is 9.78. The maximum Gasteiger partial charge on any atom is 0.417 e. The van der Waals surface area contributed by atoms with E-state index in [1.807, 2.05) is 6.92 Å². The van der Waals surface area contributed by atoms with Crippen molar-refractivity contribution in [2.24, 2.45) is 0 Å². The summed E-state index contributed by atoms with van der Waals surface area (Å²) in [6.07, 6.45) is -2.04. The van der Waals surface area contributed by atoms with Gasteiger partial charge < -0.3 is 11.1 Å². The Balaban J connectivity index is 2.31. The topological polar surface area (TPSA) is 55.1 Å². The quantitative estimate of drug-likeness (QED) is 0.813. The van der Waals surface area contributed by atoms with Crippen molar-refractivity contribution in [2.75, 3.05) is 5.73 Å². The highest BCUT2D eigenvalue weighted by Crippen LogP contribution is 2.35. The third-order valence-electron chi connectivity index (χ3n) is 3.47. The van der Waals surface area contributed by atoms with Crippen LogP contribution in [0.1, 0.15) is 42.1 Å². The number of hydrogen-bond donors (Lipinski definition) is 2. The highest BCUT2D eigenvalue weighted by molar-refractivity contribution is 5.96. The molecule has 1 aromatic rings. The van der Waals surface area contributed by atoms with Gasteiger partial charge in [0.1, 0.15) is 0 Å². The van der Waals surface area contributed by atoms with Gasteiger partial charge in [0, 0.05) is 11.2 Å². The van der Waals surface area contributed by atoms with Crippen LogP contribution in [0, 0.1) is 0 Å². The van der Waals surface area contributed by atoms with Crippen molar-refractivity contribution >= 4 is 11.6 Å². The Labute approximate surface area is 109 Å². The summed E-state index contributed by atoms with van der Waals surface area (Å²) in [6, 6.07) is 3.21. The number of alkyl halides is 3. The van der Waals surface area contributed by atoms with E-state index < -0.39 is 17.6 Å². The van der Waals surface area contributed by atoms with E-state index in [0.717, 1.165) is 31.4 Å². The number of amides is 1. The van der Waals surface area contributed by atoms with Crippen LogP contribution in [-0.4, -0.2) is 11.4 Å². The second-order valence-corrected chi connectivity index (χ2v) is 5.17. The molecule has 0 saturated heterocycles. The van der Waals surface area contributed by atoms with E-state index >= 15 is 0 Å². The Hall–Kier alpha value is -1.72. The molecular formula is C13H15F3N2O. The minimum absolute atomic E-state index is 0.0151. The molecule has 1 aliphatic carbocycles. The molecule has 0 atom stereocenters. The average Bonchev–Trinajstić information content (AvgIpc) is 2.25. The van der Waals surface area contributed by atoms with Crippen LogP contribution in [0.2, 0.25) is 0 Å². The van der Waals surface area contributed by atoms with E-state index in [0.29, 0.717) is 0 Å². The van der Waals surface area contributed by atoms with Gasteiger partial charge >= 0.3 is 6.18 Å². The highest BCUT2D eigenvalue weighted by Gasteiger charge is 2.38. The smallest absolute Gasteiger partial charge is 0.399 e. The first-order chi connectivity index (χ1) is 8.71. The third-order valence-corrected chi connectivity index (χ3v) is 3.47. The van der Waals surface area contributed by atoms with Crippen LogP contribution in [0.3, 0.4) is 0 Å². The molecule has 0 aliphatic heterocycles.